The highest BCUT2D eigenvalue weighted by molar-refractivity contribution is 9.10. The minimum absolute atomic E-state index is 0.0758. The predicted molar refractivity (Wildman–Crippen MR) is 79.0 cm³/mol. The normalized spacial score (nSPS) is 24.3. The van der Waals surface area contributed by atoms with Gasteiger partial charge in [-0.15, -0.1) is 0 Å². The number of halogens is 1. The SMILES string of the molecule is CC1(C)CN(C(CN)c2occc2Br)CC(C)(C)O1. The molecule has 2 rings (SSSR count). The monoisotopic (exact) mass is 330 g/mol. The van der Waals surface area contributed by atoms with Crippen molar-refractivity contribution in [1.82, 2.24) is 4.90 Å². The zero-order chi connectivity index (χ0) is 14.3. The average Bonchev–Trinajstić information content (AvgIpc) is 2.61. The van der Waals surface area contributed by atoms with Crippen LogP contribution in [0.5, 0.6) is 0 Å². The molecule has 0 aliphatic carbocycles. The van der Waals surface area contributed by atoms with E-state index in [9.17, 15) is 0 Å². The molecule has 1 aliphatic rings. The number of ether oxygens (including phenoxy) is 1. The van der Waals surface area contributed by atoms with Crippen LogP contribution in [-0.4, -0.2) is 35.7 Å². The lowest BCUT2D eigenvalue weighted by Gasteiger charge is -2.49. The lowest BCUT2D eigenvalue weighted by molar-refractivity contribution is -0.188. The van der Waals surface area contributed by atoms with Crippen molar-refractivity contribution in [3.8, 4) is 0 Å². The molecule has 1 unspecified atom stereocenters. The summed E-state index contributed by atoms with van der Waals surface area (Å²) in [7, 11) is 0. The predicted octanol–water partition coefficient (Wildman–Crippen LogP) is 2.93. The van der Waals surface area contributed by atoms with E-state index < -0.39 is 0 Å². The average molecular weight is 331 g/mol. The molecule has 0 bridgehead atoms. The van der Waals surface area contributed by atoms with Gasteiger partial charge >= 0.3 is 0 Å². The highest BCUT2D eigenvalue weighted by Gasteiger charge is 2.41. The molecule has 19 heavy (non-hydrogen) atoms. The number of nitrogens with two attached hydrogens (primary N) is 1. The summed E-state index contributed by atoms with van der Waals surface area (Å²) < 4.78 is 12.7. The van der Waals surface area contributed by atoms with Crippen molar-refractivity contribution in [2.24, 2.45) is 5.73 Å². The summed E-state index contributed by atoms with van der Waals surface area (Å²) >= 11 is 3.52. The van der Waals surface area contributed by atoms with Gasteiger partial charge in [-0.3, -0.25) is 4.90 Å². The van der Waals surface area contributed by atoms with Gasteiger partial charge in [-0.05, 0) is 49.7 Å². The molecule has 1 aliphatic heterocycles. The summed E-state index contributed by atoms with van der Waals surface area (Å²) in [4.78, 5) is 2.35. The molecule has 1 aromatic rings. The third-order valence-electron chi connectivity index (χ3n) is 3.33. The van der Waals surface area contributed by atoms with Crippen LogP contribution >= 0.6 is 15.9 Å². The smallest absolute Gasteiger partial charge is 0.136 e. The molecule has 1 aromatic heterocycles. The van der Waals surface area contributed by atoms with Crippen molar-refractivity contribution in [3.05, 3.63) is 22.6 Å². The number of rotatable bonds is 3. The van der Waals surface area contributed by atoms with E-state index >= 15 is 0 Å². The summed E-state index contributed by atoms with van der Waals surface area (Å²) in [5.41, 5.74) is 5.61. The van der Waals surface area contributed by atoms with Gasteiger partial charge in [0.05, 0.1) is 28.0 Å². The molecule has 4 nitrogen and oxygen atoms in total. The molecule has 1 saturated heterocycles. The van der Waals surface area contributed by atoms with Gasteiger partial charge in [0.2, 0.25) is 0 Å². The van der Waals surface area contributed by atoms with E-state index in [0.29, 0.717) is 6.54 Å². The van der Waals surface area contributed by atoms with Gasteiger partial charge in [-0.1, -0.05) is 0 Å². The number of hydrogen-bond acceptors (Lipinski definition) is 4. The molecule has 0 aromatic carbocycles. The van der Waals surface area contributed by atoms with Crippen LogP contribution in [0.2, 0.25) is 0 Å². The van der Waals surface area contributed by atoms with Crippen molar-refractivity contribution in [2.75, 3.05) is 19.6 Å². The van der Waals surface area contributed by atoms with Gasteiger partial charge in [0, 0.05) is 19.6 Å². The molecule has 0 radical (unpaired) electrons. The second-order valence-corrected chi connectivity index (χ2v) is 7.27. The molecular weight excluding hydrogens is 308 g/mol. The fraction of sp³-hybridized carbons (Fsp3) is 0.714. The molecule has 1 fully saturated rings. The van der Waals surface area contributed by atoms with Gasteiger partial charge in [0.1, 0.15) is 5.76 Å². The Hall–Kier alpha value is -0.360. The fourth-order valence-electron chi connectivity index (χ4n) is 3.03. The standard InChI is InChI=1S/C14H23BrN2O2/c1-13(2)8-17(9-14(3,4)19-13)11(7-16)12-10(15)5-6-18-12/h5-6,11H,7-9,16H2,1-4H3. The second kappa shape index (κ2) is 5.20. The van der Waals surface area contributed by atoms with E-state index in [4.69, 9.17) is 14.9 Å². The summed E-state index contributed by atoms with van der Waals surface area (Å²) in [5, 5.41) is 0. The van der Waals surface area contributed by atoms with Crippen LogP contribution in [0.3, 0.4) is 0 Å². The van der Waals surface area contributed by atoms with E-state index in [1.165, 1.54) is 0 Å². The highest BCUT2D eigenvalue weighted by atomic mass is 79.9. The van der Waals surface area contributed by atoms with Crippen LogP contribution < -0.4 is 5.73 Å². The van der Waals surface area contributed by atoms with Crippen molar-refractivity contribution >= 4 is 15.9 Å². The van der Waals surface area contributed by atoms with Gasteiger partial charge in [-0.2, -0.15) is 0 Å². The number of hydrogen-bond donors (Lipinski definition) is 1. The van der Waals surface area contributed by atoms with Crippen LogP contribution in [0.15, 0.2) is 21.2 Å². The number of nitrogens with zero attached hydrogens (tertiary/aromatic N) is 1. The molecule has 0 amide bonds. The third kappa shape index (κ3) is 3.40. The van der Waals surface area contributed by atoms with Crippen LogP contribution in [0.25, 0.3) is 0 Å². The maximum Gasteiger partial charge on any atom is 0.136 e. The van der Waals surface area contributed by atoms with Crippen molar-refractivity contribution < 1.29 is 9.15 Å². The third-order valence-corrected chi connectivity index (χ3v) is 3.99. The van der Waals surface area contributed by atoms with Crippen LogP contribution in [0.1, 0.15) is 39.5 Å². The first-order valence-corrected chi connectivity index (χ1v) is 7.40. The quantitative estimate of drug-likeness (QED) is 0.925. The molecule has 0 spiro atoms. The summed E-state index contributed by atoms with van der Waals surface area (Å²) in [6.45, 7) is 10.7. The molecule has 2 N–H and O–H groups in total. The summed E-state index contributed by atoms with van der Waals surface area (Å²) in [5.74, 6) is 0.899. The molecule has 0 saturated carbocycles. The van der Waals surface area contributed by atoms with E-state index in [2.05, 4.69) is 48.5 Å². The fourth-order valence-corrected chi connectivity index (χ4v) is 3.50. The Morgan fingerprint density at radius 1 is 1.32 bits per heavy atom. The first-order valence-electron chi connectivity index (χ1n) is 6.61. The molecular formula is C14H23BrN2O2. The van der Waals surface area contributed by atoms with Crippen molar-refractivity contribution in [3.63, 3.8) is 0 Å². The van der Waals surface area contributed by atoms with Crippen LogP contribution in [0, 0.1) is 0 Å². The maximum absolute atomic E-state index is 6.11. The Labute approximate surface area is 123 Å². The van der Waals surface area contributed by atoms with E-state index in [1.807, 2.05) is 6.07 Å². The Morgan fingerprint density at radius 3 is 2.32 bits per heavy atom. The zero-order valence-electron chi connectivity index (χ0n) is 12.1. The van der Waals surface area contributed by atoms with Crippen molar-refractivity contribution in [2.45, 2.75) is 44.9 Å². The zero-order valence-corrected chi connectivity index (χ0v) is 13.7. The topological polar surface area (TPSA) is 51.6 Å². The molecule has 2 heterocycles. The molecule has 1 atom stereocenters. The van der Waals surface area contributed by atoms with E-state index in [-0.39, 0.29) is 17.2 Å². The van der Waals surface area contributed by atoms with Gasteiger partial charge in [0.15, 0.2) is 0 Å². The lowest BCUT2D eigenvalue weighted by Crippen LogP contribution is -2.58. The molecule has 108 valence electrons. The largest absolute Gasteiger partial charge is 0.466 e. The Balaban J connectivity index is 2.26. The maximum atomic E-state index is 6.11. The highest BCUT2D eigenvalue weighted by Crippen LogP contribution is 2.35. The van der Waals surface area contributed by atoms with Crippen molar-refractivity contribution in [1.29, 1.82) is 0 Å². The van der Waals surface area contributed by atoms with E-state index in [1.54, 1.807) is 6.26 Å². The first kappa shape index (κ1) is 15.0. The Kier molecular flexibility index (Phi) is 4.12. The van der Waals surface area contributed by atoms with Crippen LogP contribution in [0.4, 0.5) is 0 Å². The molecule has 5 heteroatoms. The Morgan fingerprint density at radius 2 is 1.89 bits per heavy atom. The first-order chi connectivity index (χ1) is 8.74. The number of furan rings is 1. The minimum atomic E-state index is -0.186. The van der Waals surface area contributed by atoms with E-state index in [0.717, 1.165) is 23.3 Å². The number of morpholine rings is 1. The second-order valence-electron chi connectivity index (χ2n) is 6.41. The Bertz CT molecular complexity index is 426. The van der Waals surface area contributed by atoms with Gasteiger partial charge in [0.25, 0.3) is 0 Å². The van der Waals surface area contributed by atoms with Gasteiger partial charge in [-0.25, -0.2) is 0 Å². The summed E-state index contributed by atoms with van der Waals surface area (Å²) in [6, 6.07) is 1.99. The van der Waals surface area contributed by atoms with Gasteiger partial charge < -0.3 is 14.9 Å². The van der Waals surface area contributed by atoms with Crippen LogP contribution in [-0.2, 0) is 4.74 Å². The summed E-state index contributed by atoms with van der Waals surface area (Å²) in [6.07, 6.45) is 1.69. The minimum Gasteiger partial charge on any atom is -0.466 e. The lowest BCUT2D eigenvalue weighted by atomic mass is 9.96.